The minimum atomic E-state index is -0.127. The van der Waals surface area contributed by atoms with Crippen molar-refractivity contribution in [3.63, 3.8) is 0 Å². The summed E-state index contributed by atoms with van der Waals surface area (Å²) in [5, 5.41) is 6.12. The van der Waals surface area contributed by atoms with Crippen molar-refractivity contribution in [2.75, 3.05) is 19.7 Å². The van der Waals surface area contributed by atoms with Crippen molar-refractivity contribution in [2.24, 2.45) is 29.1 Å². The number of fused-ring (bicyclic) bond motifs is 1. The molecule has 0 saturated heterocycles. The first-order chi connectivity index (χ1) is 14.1. The Morgan fingerprint density at radius 3 is 2.41 bits per heavy atom. The van der Waals surface area contributed by atoms with Crippen molar-refractivity contribution >= 4 is 11.8 Å². The van der Waals surface area contributed by atoms with Crippen molar-refractivity contribution in [3.8, 4) is 5.75 Å². The van der Waals surface area contributed by atoms with E-state index in [2.05, 4.69) is 16.7 Å². The van der Waals surface area contributed by atoms with Crippen molar-refractivity contribution in [3.05, 3.63) is 29.8 Å². The number of hydrogen-bond acceptors (Lipinski definition) is 3. The molecule has 1 aromatic carbocycles. The second-order valence-electron chi connectivity index (χ2n) is 10.00. The number of carbonyl (C=O) groups is 2. The van der Waals surface area contributed by atoms with Crippen LogP contribution in [0.25, 0.3) is 0 Å². The maximum absolute atomic E-state index is 12.9. The molecule has 29 heavy (non-hydrogen) atoms. The molecule has 1 atom stereocenters. The van der Waals surface area contributed by atoms with E-state index in [0.717, 1.165) is 49.2 Å². The number of carbonyl (C=O) groups excluding carboxylic acids is 2. The molecule has 0 aromatic heterocycles. The van der Waals surface area contributed by atoms with E-state index < -0.39 is 0 Å². The average molecular weight is 397 g/mol. The molecule has 0 radical (unpaired) electrons. The first-order valence-corrected chi connectivity index (χ1v) is 11.4. The van der Waals surface area contributed by atoms with E-state index in [9.17, 15) is 9.59 Å². The van der Waals surface area contributed by atoms with Gasteiger partial charge in [0.1, 0.15) is 5.75 Å². The lowest BCUT2D eigenvalue weighted by Gasteiger charge is -2.55. The highest BCUT2D eigenvalue weighted by Crippen LogP contribution is 2.60. The standard InChI is InChI=1S/C24H32N2O3/c27-22(26-14-19-10-20-3-1-2-4-21(20)29-15-19)5-6-25-23(28)24-11-16-7-17(12-24)9-18(8-16)13-24/h1-4,16-19H,5-15H2,(H,25,28)(H,26,27). The highest BCUT2D eigenvalue weighted by atomic mass is 16.5. The van der Waals surface area contributed by atoms with E-state index in [1.165, 1.54) is 24.8 Å². The molecule has 6 rings (SSSR count). The summed E-state index contributed by atoms with van der Waals surface area (Å²) < 4.78 is 5.79. The molecule has 2 N–H and O–H groups in total. The molecule has 1 aliphatic heterocycles. The zero-order valence-electron chi connectivity index (χ0n) is 17.1. The molecule has 5 aliphatic rings. The molecule has 4 aliphatic carbocycles. The van der Waals surface area contributed by atoms with Gasteiger partial charge in [0.2, 0.25) is 11.8 Å². The molecule has 1 heterocycles. The van der Waals surface area contributed by atoms with Crippen molar-refractivity contribution < 1.29 is 14.3 Å². The van der Waals surface area contributed by atoms with Gasteiger partial charge in [-0.3, -0.25) is 9.59 Å². The minimum absolute atomic E-state index is 0.00895. The summed E-state index contributed by atoms with van der Waals surface area (Å²) in [5.74, 6) is 3.77. The van der Waals surface area contributed by atoms with E-state index in [-0.39, 0.29) is 17.2 Å². The molecular formula is C24H32N2O3. The van der Waals surface area contributed by atoms with Gasteiger partial charge in [0.25, 0.3) is 0 Å². The fourth-order valence-electron chi connectivity index (χ4n) is 6.73. The van der Waals surface area contributed by atoms with Gasteiger partial charge >= 0.3 is 0 Å². The molecule has 156 valence electrons. The van der Waals surface area contributed by atoms with Gasteiger partial charge in [-0.2, -0.15) is 0 Å². The third-order valence-corrected chi connectivity index (χ3v) is 7.70. The third kappa shape index (κ3) is 3.88. The molecular weight excluding hydrogens is 364 g/mol. The van der Waals surface area contributed by atoms with Crippen LogP contribution < -0.4 is 15.4 Å². The lowest BCUT2D eigenvalue weighted by molar-refractivity contribution is -0.146. The maximum Gasteiger partial charge on any atom is 0.226 e. The Bertz CT molecular complexity index is 755. The normalized spacial score (nSPS) is 34.2. The smallest absolute Gasteiger partial charge is 0.226 e. The van der Waals surface area contributed by atoms with Gasteiger partial charge in [-0.05, 0) is 74.3 Å². The van der Waals surface area contributed by atoms with Crippen molar-refractivity contribution in [2.45, 2.75) is 51.4 Å². The molecule has 5 heteroatoms. The van der Waals surface area contributed by atoms with Crippen LogP contribution in [0.2, 0.25) is 0 Å². The topological polar surface area (TPSA) is 67.4 Å². The van der Waals surface area contributed by atoms with E-state index in [1.807, 2.05) is 18.2 Å². The Morgan fingerprint density at radius 1 is 1.00 bits per heavy atom. The van der Waals surface area contributed by atoms with E-state index in [4.69, 9.17) is 4.74 Å². The zero-order chi connectivity index (χ0) is 19.8. The first-order valence-electron chi connectivity index (χ1n) is 11.4. The Labute approximate surface area is 173 Å². The van der Waals surface area contributed by atoms with Crippen LogP contribution in [0.5, 0.6) is 5.75 Å². The van der Waals surface area contributed by atoms with Crippen molar-refractivity contribution in [1.82, 2.24) is 10.6 Å². The molecule has 5 nitrogen and oxygen atoms in total. The summed E-state index contributed by atoms with van der Waals surface area (Å²) in [7, 11) is 0. The summed E-state index contributed by atoms with van der Waals surface area (Å²) in [6.07, 6.45) is 8.50. The zero-order valence-corrected chi connectivity index (χ0v) is 17.1. The Morgan fingerprint density at radius 2 is 1.69 bits per heavy atom. The van der Waals surface area contributed by atoms with Gasteiger partial charge in [-0.1, -0.05) is 18.2 Å². The third-order valence-electron chi connectivity index (χ3n) is 7.70. The summed E-state index contributed by atoms with van der Waals surface area (Å²) in [6, 6.07) is 8.09. The predicted octanol–water partition coefficient (Wildman–Crippen LogP) is 3.08. The van der Waals surface area contributed by atoms with Crippen LogP contribution in [0.15, 0.2) is 24.3 Å². The molecule has 1 unspecified atom stereocenters. The number of rotatable bonds is 6. The van der Waals surface area contributed by atoms with Crippen LogP contribution >= 0.6 is 0 Å². The molecule has 4 saturated carbocycles. The summed E-state index contributed by atoms with van der Waals surface area (Å²) >= 11 is 0. The number of amides is 2. The molecule has 1 aromatic rings. The van der Waals surface area contributed by atoms with Crippen LogP contribution in [-0.4, -0.2) is 31.5 Å². The van der Waals surface area contributed by atoms with Crippen LogP contribution in [0.1, 0.15) is 50.5 Å². The van der Waals surface area contributed by atoms with Crippen LogP contribution in [0, 0.1) is 29.1 Å². The molecule has 4 fully saturated rings. The molecule has 4 bridgehead atoms. The fourth-order valence-corrected chi connectivity index (χ4v) is 6.73. The first kappa shape index (κ1) is 19.0. The fraction of sp³-hybridized carbons (Fsp3) is 0.667. The average Bonchev–Trinajstić information content (AvgIpc) is 2.71. The summed E-state index contributed by atoms with van der Waals surface area (Å²) in [4.78, 5) is 25.2. The van der Waals surface area contributed by atoms with Gasteiger partial charge in [-0.25, -0.2) is 0 Å². The predicted molar refractivity (Wildman–Crippen MR) is 110 cm³/mol. The highest BCUT2D eigenvalue weighted by Gasteiger charge is 2.54. The number of hydrogen-bond donors (Lipinski definition) is 2. The largest absolute Gasteiger partial charge is 0.493 e. The van der Waals surface area contributed by atoms with E-state index in [1.54, 1.807) is 0 Å². The number of ether oxygens (including phenoxy) is 1. The molecule has 2 amide bonds. The number of para-hydroxylation sites is 1. The lowest BCUT2D eigenvalue weighted by Crippen LogP contribution is -2.53. The van der Waals surface area contributed by atoms with Crippen molar-refractivity contribution in [1.29, 1.82) is 0 Å². The lowest BCUT2D eigenvalue weighted by atomic mass is 9.49. The highest BCUT2D eigenvalue weighted by molar-refractivity contribution is 5.84. The number of nitrogens with one attached hydrogen (secondary N) is 2. The minimum Gasteiger partial charge on any atom is -0.493 e. The molecule has 0 spiro atoms. The van der Waals surface area contributed by atoms with Crippen LogP contribution in [-0.2, 0) is 16.0 Å². The quantitative estimate of drug-likeness (QED) is 0.777. The van der Waals surface area contributed by atoms with E-state index in [0.29, 0.717) is 32.0 Å². The van der Waals surface area contributed by atoms with Crippen LogP contribution in [0.3, 0.4) is 0 Å². The Balaban J connectivity index is 1.04. The van der Waals surface area contributed by atoms with Gasteiger partial charge in [0.15, 0.2) is 0 Å². The second-order valence-corrected chi connectivity index (χ2v) is 10.00. The van der Waals surface area contributed by atoms with Gasteiger partial charge in [-0.15, -0.1) is 0 Å². The number of benzene rings is 1. The van der Waals surface area contributed by atoms with Crippen LogP contribution in [0.4, 0.5) is 0 Å². The van der Waals surface area contributed by atoms with Gasteiger partial charge < -0.3 is 15.4 Å². The SMILES string of the molecule is O=C(CCNC(=O)C12CC3CC(CC(C3)C1)C2)NCC1COc2ccccc2C1. The second kappa shape index (κ2) is 7.66. The monoisotopic (exact) mass is 396 g/mol. The Hall–Kier alpha value is -2.04. The van der Waals surface area contributed by atoms with E-state index >= 15 is 0 Å². The van der Waals surface area contributed by atoms with Gasteiger partial charge in [0.05, 0.1) is 6.61 Å². The Kier molecular flexibility index (Phi) is 5.00. The summed E-state index contributed by atoms with van der Waals surface area (Å²) in [5.41, 5.74) is 1.08. The van der Waals surface area contributed by atoms with Gasteiger partial charge in [0, 0.05) is 30.8 Å². The maximum atomic E-state index is 12.9. The summed E-state index contributed by atoms with van der Waals surface area (Å²) in [6.45, 7) is 1.70.